The summed E-state index contributed by atoms with van der Waals surface area (Å²) >= 11 is 0. The molecule has 0 saturated carbocycles. The number of aromatic nitrogens is 3. The molecule has 1 aromatic carbocycles. The molecule has 1 saturated heterocycles. The van der Waals surface area contributed by atoms with E-state index in [2.05, 4.69) is 38.1 Å². The van der Waals surface area contributed by atoms with Crippen molar-refractivity contribution in [3.63, 3.8) is 0 Å². The number of nitrogens with one attached hydrogen (secondary N) is 1. The van der Waals surface area contributed by atoms with Gasteiger partial charge in [-0.3, -0.25) is 14.9 Å². The van der Waals surface area contributed by atoms with Crippen LogP contribution in [0.1, 0.15) is 35.8 Å². The molecule has 5 heteroatoms. The fourth-order valence-corrected chi connectivity index (χ4v) is 3.74. The lowest BCUT2D eigenvalue weighted by Gasteiger charge is -2.32. The minimum atomic E-state index is 0.477. The van der Waals surface area contributed by atoms with Gasteiger partial charge in [0.2, 0.25) is 0 Å². The van der Waals surface area contributed by atoms with E-state index < -0.39 is 0 Å². The number of hydrogen-bond donors (Lipinski definition) is 1. The lowest BCUT2D eigenvalue weighted by Crippen LogP contribution is -2.34. The first-order valence-electron chi connectivity index (χ1n) is 8.88. The Morgan fingerprint density at radius 2 is 2.20 bits per heavy atom. The summed E-state index contributed by atoms with van der Waals surface area (Å²) in [5, 5.41) is 1.20. The molecule has 2 aromatic heterocycles. The third kappa shape index (κ3) is 3.51. The maximum atomic E-state index is 5.32. The van der Waals surface area contributed by atoms with E-state index in [9.17, 15) is 0 Å². The highest BCUT2D eigenvalue weighted by molar-refractivity contribution is 5.81. The summed E-state index contributed by atoms with van der Waals surface area (Å²) < 4.78 is 5.32. The van der Waals surface area contributed by atoms with E-state index in [-0.39, 0.29) is 0 Å². The zero-order chi connectivity index (χ0) is 17.2. The molecule has 5 nitrogen and oxygen atoms in total. The Morgan fingerprint density at radius 1 is 1.28 bits per heavy atom. The Balaban J connectivity index is 1.48. The predicted molar refractivity (Wildman–Crippen MR) is 98.9 cm³/mol. The molecule has 0 amide bonds. The normalized spacial score (nSPS) is 18.6. The summed E-state index contributed by atoms with van der Waals surface area (Å²) in [5.74, 6) is 1.37. The molecule has 1 fully saturated rings. The van der Waals surface area contributed by atoms with Crippen LogP contribution in [-0.2, 0) is 6.54 Å². The third-order valence-electron chi connectivity index (χ3n) is 4.98. The molecule has 1 aliphatic rings. The average molecular weight is 336 g/mol. The molecule has 0 bridgehead atoms. The van der Waals surface area contributed by atoms with E-state index in [0.29, 0.717) is 5.92 Å². The van der Waals surface area contributed by atoms with Gasteiger partial charge in [0, 0.05) is 48.0 Å². The lowest BCUT2D eigenvalue weighted by molar-refractivity contribution is 0.196. The number of benzene rings is 1. The van der Waals surface area contributed by atoms with Crippen LogP contribution in [0.5, 0.6) is 5.75 Å². The number of nitrogens with zero attached hydrogens (tertiary/aromatic N) is 3. The maximum absolute atomic E-state index is 5.32. The van der Waals surface area contributed by atoms with Crippen molar-refractivity contribution in [3.05, 3.63) is 53.7 Å². The van der Waals surface area contributed by atoms with Crippen molar-refractivity contribution < 1.29 is 4.74 Å². The van der Waals surface area contributed by atoms with Crippen LogP contribution in [0.3, 0.4) is 0 Å². The molecule has 3 heterocycles. The lowest BCUT2D eigenvalue weighted by atomic mass is 9.95. The summed E-state index contributed by atoms with van der Waals surface area (Å²) in [4.78, 5) is 15.0. The summed E-state index contributed by atoms with van der Waals surface area (Å²) in [6, 6.07) is 8.39. The molecule has 25 heavy (non-hydrogen) atoms. The van der Waals surface area contributed by atoms with Gasteiger partial charge in [0.15, 0.2) is 0 Å². The van der Waals surface area contributed by atoms with Crippen LogP contribution in [-0.4, -0.2) is 40.1 Å². The van der Waals surface area contributed by atoms with Gasteiger partial charge in [0.05, 0.1) is 18.5 Å². The van der Waals surface area contributed by atoms with E-state index in [4.69, 9.17) is 4.74 Å². The topological polar surface area (TPSA) is 54.0 Å². The summed E-state index contributed by atoms with van der Waals surface area (Å²) in [6.45, 7) is 5.12. The van der Waals surface area contributed by atoms with E-state index in [1.54, 1.807) is 7.11 Å². The van der Waals surface area contributed by atoms with Gasteiger partial charge in [-0.1, -0.05) is 0 Å². The molecule has 0 aliphatic carbocycles. The van der Waals surface area contributed by atoms with Gasteiger partial charge in [-0.25, -0.2) is 0 Å². The quantitative estimate of drug-likeness (QED) is 0.790. The van der Waals surface area contributed by atoms with E-state index >= 15 is 0 Å². The predicted octanol–water partition coefficient (Wildman–Crippen LogP) is 3.65. The number of fused-ring (bicyclic) bond motifs is 1. The highest BCUT2D eigenvalue weighted by Crippen LogP contribution is 2.27. The van der Waals surface area contributed by atoms with Gasteiger partial charge in [-0.05, 0) is 50.6 Å². The van der Waals surface area contributed by atoms with Gasteiger partial charge in [-0.15, -0.1) is 0 Å². The Labute approximate surface area is 148 Å². The molecule has 4 rings (SSSR count). The average Bonchev–Trinajstić information content (AvgIpc) is 3.03. The smallest absolute Gasteiger partial charge is 0.119 e. The van der Waals surface area contributed by atoms with E-state index in [0.717, 1.165) is 42.3 Å². The van der Waals surface area contributed by atoms with Crippen molar-refractivity contribution in [2.75, 3.05) is 20.2 Å². The van der Waals surface area contributed by atoms with Crippen LogP contribution < -0.4 is 4.74 Å². The number of H-pyrrole nitrogens is 1. The SMILES string of the molecule is COc1ccc2[nH]c(CN3CCCC(c4cncc(C)n4)C3)cc2c1. The number of aryl methyl sites for hydroxylation is 1. The molecule has 0 radical (unpaired) electrons. The Bertz CT molecular complexity index is 873. The number of ether oxygens (including phenoxy) is 1. The van der Waals surface area contributed by atoms with Crippen molar-refractivity contribution in [2.45, 2.75) is 32.2 Å². The Hall–Kier alpha value is -2.40. The van der Waals surface area contributed by atoms with Crippen molar-refractivity contribution in [1.82, 2.24) is 19.9 Å². The fraction of sp³-hybridized carbons (Fsp3) is 0.400. The first kappa shape index (κ1) is 16.1. The molecule has 1 N–H and O–H groups in total. The maximum Gasteiger partial charge on any atom is 0.119 e. The number of hydrogen-bond acceptors (Lipinski definition) is 4. The summed E-state index contributed by atoms with van der Waals surface area (Å²) in [7, 11) is 1.71. The number of methoxy groups -OCH3 is 1. The van der Waals surface area contributed by atoms with Crippen LogP contribution >= 0.6 is 0 Å². The van der Waals surface area contributed by atoms with Crippen molar-refractivity contribution in [2.24, 2.45) is 0 Å². The minimum Gasteiger partial charge on any atom is -0.497 e. The second-order valence-electron chi connectivity index (χ2n) is 6.91. The largest absolute Gasteiger partial charge is 0.497 e. The molecule has 0 spiro atoms. The van der Waals surface area contributed by atoms with Crippen LogP contribution in [0.25, 0.3) is 10.9 Å². The standard InChI is InChI=1S/C20H24N4O/c1-14-10-21-11-20(22-14)15-4-3-7-24(12-15)13-17-8-16-9-18(25-2)5-6-19(16)23-17/h5-6,8-11,15,23H,3-4,7,12-13H2,1-2H3. The summed E-state index contributed by atoms with van der Waals surface area (Å²) in [6.07, 6.45) is 6.14. The second-order valence-corrected chi connectivity index (χ2v) is 6.91. The molecule has 3 aromatic rings. The zero-order valence-electron chi connectivity index (χ0n) is 14.8. The molecular formula is C20H24N4O. The van der Waals surface area contributed by atoms with Gasteiger partial charge in [0.1, 0.15) is 5.75 Å². The zero-order valence-corrected chi connectivity index (χ0v) is 14.8. The highest BCUT2D eigenvalue weighted by atomic mass is 16.5. The molecule has 1 atom stereocenters. The van der Waals surface area contributed by atoms with Crippen molar-refractivity contribution in [3.8, 4) is 5.75 Å². The monoisotopic (exact) mass is 336 g/mol. The molecular weight excluding hydrogens is 312 g/mol. The number of likely N-dealkylation sites (tertiary alicyclic amines) is 1. The van der Waals surface area contributed by atoms with E-state index in [1.165, 1.54) is 23.9 Å². The second kappa shape index (κ2) is 6.84. The van der Waals surface area contributed by atoms with Crippen molar-refractivity contribution >= 4 is 10.9 Å². The molecule has 1 unspecified atom stereocenters. The van der Waals surface area contributed by atoms with Gasteiger partial charge in [0.25, 0.3) is 0 Å². The van der Waals surface area contributed by atoms with Crippen LogP contribution in [0.2, 0.25) is 0 Å². The summed E-state index contributed by atoms with van der Waals surface area (Å²) in [5.41, 5.74) is 4.54. The van der Waals surface area contributed by atoms with Gasteiger partial charge < -0.3 is 9.72 Å². The first-order valence-corrected chi connectivity index (χ1v) is 8.88. The van der Waals surface area contributed by atoms with Crippen LogP contribution in [0, 0.1) is 6.92 Å². The van der Waals surface area contributed by atoms with Crippen molar-refractivity contribution in [1.29, 1.82) is 0 Å². The van der Waals surface area contributed by atoms with E-state index in [1.807, 2.05) is 25.4 Å². The number of aromatic amines is 1. The number of piperidine rings is 1. The van der Waals surface area contributed by atoms with Gasteiger partial charge in [-0.2, -0.15) is 0 Å². The van der Waals surface area contributed by atoms with Crippen LogP contribution in [0.15, 0.2) is 36.7 Å². The molecule has 1 aliphatic heterocycles. The highest BCUT2D eigenvalue weighted by Gasteiger charge is 2.23. The van der Waals surface area contributed by atoms with Gasteiger partial charge >= 0.3 is 0 Å². The Morgan fingerprint density at radius 3 is 3.04 bits per heavy atom. The third-order valence-corrected chi connectivity index (χ3v) is 4.98. The Kier molecular flexibility index (Phi) is 4.40. The van der Waals surface area contributed by atoms with Crippen LogP contribution in [0.4, 0.5) is 0 Å². The number of rotatable bonds is 4. The fourth-order valence-electron chi connectivity index (χ4n) is 3.74. The molecule has 130 valence electrons. The first-order chi connectivity index (χ1) is 12.2. The minimum absolute atomic E-state index is 0.477.